The maximum atomic E-state index is 13.3. The summed E-state index contributed by atoms with van der Waals surface area (Å²) in [7, 11) is 1.69. The molecule has 0 bridgehead atoms. The van der Waals surface area contributed by atoms with Crippen molar-refractivity contribution in [2.75, 3.05) is 26.7 Å². The molecule has 1 fully saturated rings. The molecule has 1 aliphatic heterocycles. The highest BCUT2D eigenvalue weighted by atomic mass is 32.2. The van der Waals surface area contributed by atoms with Gasteiger partial charge in [-0.15, -0.1) is 0 Å². The van der Waals surface area contributed by atoms with Crippen LogP contribution in [0, 0.1) is 11.3 Å². The Hall–Kier alpha value is -3.27. The molecule has 1 aliphatic rings. The lowest BCUT2D eigenvalue weighted by atomic mass is 10.0. The van der Waals surface area contributed by atoms with Crippen LogP contribution < -0.4 is 10.1 Å². The van der Waals surface area contributed by atoms with E-state index >= 15 is 0 Å². The average Bonchev–Trinajstić information content (AvgIpc) is 3.40. The number of hydrogen-bond donors (Lipinski definition) is 1. The van der Waals surface area contributed by atoms with Gasteiger partial charge in [-0.05, 0) is 56.3 Å². The predicted octanol–water partition coefficient (Wildman–Crippen LogP) is 5.28. The number of nitrogens with one attached hydrogen (secondary N) is 1. The van der Waals surface area contributed by atoms with Crippen LogP contribution in [0.3, 0.4) is 0 Å². The lowest BCUT2D eigenvalue weighted by Crippen LogP contribution is -2.37. The summed E-state index contributed by atoms with van der Waals surface area (Å²) >= 11 is 1.44. The third kappa shape index (κ3) is 5.39. The van der Waals surface area contributed by atoms with Crippen molar-refractivity contribution in [1.29, 1.82) is 5.26 Å². The van der Waals surface area contributed by atoms with Crippen LogP contribution >= 0.6 is 11.8 Å². The molecule has 33 heavy (non-hydrogen) atoms. The van der Waals surface area contributed by atoms with Crippen molar-refractivity contribution in [2.45, 2.75) is 28.7 Å². The molecule has 5 nitrogen and oxygen atoms in total. The molecule has 1 heterocycles. The lowest BCUT2D eigenvalue weighted by Gasteiger charge is -2.29. The normalized spacial score (nSPS) is 14.4. The van der Waals surface area contributed by atoms with Gasteiger partial charge in [0, 0.05) is 21.9 Å². The summed E-state index contributed by atoms with van der Waals surface area (Å²) in [4.78, 5) is 17.4. The van der Waals surface area contributed by atoms with Gasteiger partial charge in [-0.25, -0.2) is 0 Å². The molecule has 1 atom stereocenters. The van der Waals surface area contributed by atoms with Crippen LogP contribution in [0.25, 0.3) is 0 Å². The molecule has 0 radical (unpaired) electrons. The highest BCUT2D eigenvalue weighted by Gasteiger charge is 2.26. The first-order chi connectivity index (χ1) is 16.2. The number of hydrogen-bond acceptors (Lipinski definition) is 5. The minimum absolute atomic E-state index is 0.0479. The molecule has 6 heteroatoms. The van der Waals surface area contributed by atoms with Crippen molar-refractivity contribution < 1.29 is 9.53 Å². The maximum Gasteiger partial charge on any atom is 0.252 e. The number of rotatable bonds is 8. The van der Waals surface area contributed by atoms with E-state index in [9.17, 15) is 10.1 Å². The van der Waals surface area contributed by atoms with Crippen LogP contribution in [0.1, 0.15) is 40.4 Å². The number of ether oxygens (including phenoxy) is 1. The molecule has 168 valence electrons. The van der Waals surface area contributed by atoms with Crippen LogP contribution in [0.5, 0.6) is 5.75 Å². The zero-order valence-electron chi connectivity index (χ0n) is 18.7. The van der Waals surface area contributed by atoms with Gasteiger partial charge in [-0.3, -0.25) is 9.69 Å². The van der Waals surface area contributed by atoms with E-state index in [-0.39, 0.29) is 11.9 Å². The van der Waals surface area contributed by atoms with E-state index in [1.165, 1.54) is 11.8 Å². The quantitative estimate of drug-likeness (QED) is 0.498. The average molecular weight is 458 g/mol. The summed E-state index contributed by atoms with van der Waals surface area (Å²) in [6, 6.07) is 25.3. The molecule has 3 aromatic rings. The van der Waals surface area contributed by atoms with Crippen molar-refractivity contribution in [3.8, 4) is 11.8 Å². The second-order valence-electron chi connectivity index (χ2n) is 7.92. The minimum Gasteiger partial charge on any atom is -0.496 e. The molecular weight excluding hydrogens is 430 g/mol. The highest BCUT2D eigenvalue weighted by Crippen LogP contribution is 2.34. The van der Waals surface area contributed by atoms with Gasteiger partial charge in [0.05, 0.1) is 24.3 Å². The Morgan fingerprint density at radius 2 is 1.70 bits per heavy atom. The minimum atomic E-state index is -0.119. The molecule has 0 aromatic heterocycles. The Labute approximate surface area is 199 Å². The van der Waals surface area contributed by atoms with Crippen molar-refractivity contribution >= 4 is 17.7 Å². The fourth-order valence-corrected chi connectivity index (χ4v) is 5.25. The molecule has 0 saturated carbocycles. The SMILES string of the molecule is COc1ccccc1C(CNC(=O)c1ccccc1Sc1ccccc1C#N)N1CCCC1. The van der Waals surface area contributed by atoms with Gasteiger partial charge in [0.15, 0.2) is 0 Å². The summed E-state index contributed by atoms with van der Waals surface area (Å²) in [5.41, 5.74) is 2.30. The third-order valence-corrected chi connectivity index (χ3v) is 7.05. The predicted molar refractivity (Wildman–Crippen MR) is 131 cm³/mol. The van der Waals surface area contributed by atoms with Gasteiger partial charge in [0.2, 0.25) is 0 Å². The van der Waals surface area contributed by atoms with Gasteiger partial charge in [-0.1, -0.05) is 54.2 Å². The zero-order chi connectivity index (χ0) is 23.0. The molecule has 1 unspecified atom stereocenters. The fourth-order valence-electron chi connectivity index (χ4n) is 4.23. The molecule has 1 saturated heterocycles. The Bertz CT molecular complexity index is 1150. The number of carbonyl (C=O) groups is 1. The largest absolute Gasteiger partial charge is 0.496 e. The van der Waals surface area contributed by atoms with E-state index in [2.05, 4.69) is 22.4 Å². The van der Waals surface area contributed by atoms with Crippen LogP contribution in [0.15, 0.2) is 82.6 Å². The summed E-state index contributed by atoms with van der Waals surface area (Å²) in [6.07, 6.45) is 2.33. The monoisotopic (exact) mass is 457 g/mol. The van der Waals surface area contributed by atoms with E-state index in [1.807, 2.05) is 60.7 Å². The van der Waals surface area contributed by atoms with Crippen molar-refractivity contribution in [2.24, 2.45) is 0 Å². The summed E-state index contributed by atoms with van der Waals surface area (Å²) in [5, 5.41) is 12.6. The van der Waals surface area contributed by atoms with Gasteiger partial charge < -0.3 is 10.1 Å². The smallest absolute Gasteiger partial charge is 0.252 e. The van der Waals surface area contributed by atoms with E-state index in [1.54, 1.807) is 13.2 Å². The molecule has 0 aliphatic carbocycles. The number of likely N-dealkylation sites (tertiary alicyclic amines) is 1. The first-order valence-corrected chi connectivity index (χ1v) is 11.9. The van der Waals surface area contributed by atoms with Crippen molar-refractivity contribution in [3.05, 3.63) is 89.5 Å². The van der Waals surface area contributed by atoms with E-state index < -0.39 is 0 Å². The van der Waals surface area contributed by atoms with Crippen LogP contribution in [0.2, 0.25) is 0 Å². The number of amides is 1. The second-order valence-corrected chi connectivity index (χ2v) is 9.00. The summed E-state index contributed by atoms with van der Waals surface area (Å²) in [6.45, 7) is 2.51. The lowest BCUT2D eigenvalue weighted by molar-refractivity contribution is 0.0934. The van der Waals surface area contributed by atoms with Crippen molar-refractivity contribution in [3.63, 3.8) is 0 Å². The number of benzene rings is 3. The first kappa shape index (κ1) is 22.9. The van der Waals surface area contributed by atoms with Crippen molar-refractivity contribution in [1.82, 2.24) is 10.2 Å². The Kier molecular flexibility index (Phi) is 7.66. The first-order valence-electron chi connectivity index (χ1n) is 11.1. The molecule has 1 amide bonds. The summed E-state index contributed by atoms with van der Waals surface area (Å²) in [5.74, 6) is 0.722. The Balaban J connectivity index is 1.54. The number of methoxy groups -OCH3 is 1. The number of nitriles is 1. The van der Waals surface area contributed by atoms with E-state index in [0.717, 1.165) is 47.0 Å². The van der Waals surface area contributed by atoms with Gasteiger partial charge in [-0.2, -0.15) is 5.26 Å². The highest BCUT2D eigenvalue weighted by molar-refractivity contribution is 7.99. The Morgan fingerprint density at radius 3 is 2.45 bits per heavy atom. The van der Waals surface area contributed by atoms with Gasteiger partial charge in [0.1, 0.15) is 11.8 Å². The third-order valence-electron chi connectivity index (χ3n) is 5.89. The molecule has 0 spiro atoms. The van der Waals surface area contributed by atoms with E-state index in [4.69, 9.17) is 4.74 Å². The maximum absolute atomic E-state index is 13.3. The second kappa shape index (κ2) is 11.0. The number of carbonyl (C=O) groups excluding carboxylic acids is 1. The van der Waals surface area contributed by atoms with Crippen LogP contribution in [0.4, 0.5) is 0 Å². The fraction of sp³-hybridized carbons (Fsp3) is 0.259. The standard InChI is InChI=1S/C27H27N3O2S/c1-32-24-13-5-3-11-21(24)23(30-16-8-9-17-30)19-29-27(31)22-12-4-7-15-26(22)33-25-14-6-2-10-20(25)18-28/h2-7,10-15,23H,8-9,16-17,19H2,1H3,(H,29,31). The topological polar surface area (TPSA) is 65.4 Å². The molecular formula is C27H27N3O2S. The zero-order valence-corrected chi connectivity index (χ0v) is 19.5. The van der Waals surface area contributed by atoms with E-state index in [0.29, 0.717) is 17.7 Å². The summed E-state index contributed by atoms with van der Waals surface area (Å²) < 4.78 is 5.62. The van der Waals surface area contributed by atoms with Crippen LogP contribution in [-0.4, -0.2) is 37.6 Å². The van der Waals surface area contributed by atoms with Gasteiger partial charge >= 0.3 is 0 Å². The Morgan fingerprint density at radius 1 is 1.03 bits per heavy atom. The molecule has 1 N–H and O–H groups in total. The van der Waals surface area contributed by atoms with Gasteiger partial charge in [0.25, 0.3) is 5.91 Å². The molecule has 3 aromatic carbocycles. The number of nitrogens with zero attached hydrogens (tertiary/aromatic N) is 2. The van der Waals surface area contributed by atoms with Crippen LogP contribution in [-0.2, 0) is 0 Å². The molecule has 4 rings (SSSR count). The number of para-hydroxylation sites is 1.